The maximum Gasteiger partial charge on any atom is 0.319 e. The zero-order chi connectivity index (χ0) is 26.3. The predicted octanol–water partition coefficient (Wildman–Crippen LogP) is 5.61. The minimum atomic E-state index is -0.206. The van der Waals surface area contributed by atoms with Gasteiger partial charge >= 0.3 is 6.03 Å². The first-order valence-corrected chi connectivity index (χ1v) is 13.1. The maximum atomic E-state index is 12.6. The molecule has 1 atom stereocenters. The van der Waals surface area contributed by atoms with Crippen molar-refractivity contribution in [2.75, 3.05) is 39.2 Å². The number of ether oxygens (including phenoxy) is 2. The highest BCUT2D eigenvalue weighted by Crippen LogP contribution is 2.39. The Morgan fingerprint density at radius 2 is 1.76 bits per heavy atom. The lowest BCUT2D eigenvalue weighted by atomic mass is 9.88. The highest BCUT2D eigenvalue weighted by Gasteiger charge is 2.29. The van der Waals surface area contributed by atoms with Gasteiger partial charge in [0.15, 0.2) is 11.5 Å². The molecule has 5 rings (SSSR count). The third-order valence-electron chi connectivity index (χ3n) is 7.19. The Kier molecular flexibility index (Phi) is 8.04. The Labute approximate surface area is 223 Å². The number of carbonyl (C=O) groups excluding carboxylic acids is 1. The minimum absolute atomic E-state index is 0.206. The third kappa shape index (κ3) is 5.73. The van der Waals surface area contributed by atoms with E-state index in [0.29, 0.717) is 6.54 Å². The van der Waals surface area contributed by atoms with E-state index in [-0.39, 0.29) is 12.1 Å². The highest BCUT2D eigenvalue weighted by molar-refractivity contribution is 6.00. The van der Waals surface area contributed by atoms with Crippen LogP contribution in [0.4, 0.5) is 10.5 Å². The summed E-state index contributed by atoms with van der Waals surface area (Å²) in [4.78, 5) is 19.5. The number of methoxy groups -OCH3 is 2. The van der Waals surface area contributed by atoms with Crippen LogP contribution in [0.5, 0.6) is 11.5 Å². The number of pyridine rings is 1. The van der Waals surface area contributed by atoms with Crippen molar-refractivity contribution in [1.82, 2.24) is 15.2 Å². The molecule has 4 aromatic rings. The van der Waals surface area contributed by atoms with Gasteiger partial charge in [0.25, 0.3) is 0 Å². The van der Waals surface area contributed by atoms with Crippen molar-refractivity contribution in [1.29, 1.82) is 0 Å². The van der Waals surface area contributed by atoms with Gasteiger partial charge in [-0.3, -0.25) is 9.88 Å². The van der Waals surface area contributed by atoms with E-state index in [2.05, 4.69) is 63.0 Å². The summed E-state index contributed by atoms with van der Waals surface area (Å²) in [5, 5.41) is 6.91. The van der Waals surface area contributed by atoms with Gasteiger partial charge in [-0.05, 0) is 60.2 Å². The predicted molar refractivity (Wildman–Crippen MR) is 151 cm³/mol. The van der Waals surface area contributed by atoms with Crippen LogP contribution in [0.2, 0.25) is 0 Å². The van der Waals surface area contributed by atoms with Crippen LogP contribution in [-0.2, 0) is 12.8 Å². The number of nitrogens with zero attached hydrogens (tertiary/aromatic N) is 2. The largest absolute Gasteiger partial charge is 0.493 e. The maximum absolute atomic E-state index is 12.6. The Hall–Kier alpha value is -4.10. The molecule has 38 heavy (non-hydrogen) atoms. The molecule has 1 aromatic heterocycles. The van der Waals surface area contributed by atoms with Crippen LogP contribution in [0.3, 0.4) is 0 Å². The van der Waals surface area contributed by atoms with Crippen LogP contribution in [0, 0.1) is 0 Å². The zero-order valence-corrected chi connectivity index (χ0v) is 21.9. The second kappa shape index (κ2) is 12.0. The molecule has 3 aromatic carbocycles. The first-order valence-electron chi connectivity index (χ1n) is 13.1. The summed E-state index contributed by atoms with van der Waals surface area (Å²) in [6.45, 7) is 2.42. The molecule has 2 amide bonds. The number of hydrogen-bond donors (Lipinski definition) is 2. The van der Waals surface area contributed by atoms with Crippen LogP contribution in [-0.4, -0.2) is 49.8 Å². The van der Waals surface area contributed by atoms with Gasteiger partial charge in [0, 0.05) is 37.3 Å². The van der Waals surface area contributed by atoms with Crippen molar-refractivity contribution in [2.45, 2.75) is 25.3 Å². The average molecular weight is 511 g/mol. The van der Waals surface area contributed by atoms with E-state index >= 15 is 0 Å². The minimum Gasteiger partial charge on any atom is -0.493 e. The van der Waals surface area contributed by atoms with Crippen LogP contribution < -0.4 is 20.1 Å². The summed E-state index contributed by atoms with van der Waals surface area (Å²) in [6.07, 6.45) is 4.42. The number of urea groups is 1. The number of carbonyl (C=O) groups is 1. The van der Waals surface area contributed by atoms with Gasteiger partial charge in [0.1, 0.15) is 0 Å². The highest BCUT2D eigenvalue weighted by atomic mass is 16.5. The van der Waals surface area contributed by atoms with Gasteiger partial charge in [-0.1, -0.05) is 48.5 Å². The molecule has 1 aliphatic heterocycles. The fourth-order valence-corrected chi connectivity index (χ4v) is 5.28. The normalized spacial score (nSPS) is 15.1. The molecule has 2 N–H and O–H groups in total. The Bertz CT molecular complexity index is 1390. The van der Waals surface area contributed by atoms with Crippen LogP contribution in [0.1, 0.15) is 29.2 Å². The second-order valence-electron chi connectivity index (χ2n) is 9.51. The summed E-state index contributed by atoms with van der Waals surface area (Å²) in [7, 11) is 3.36. The third-order valence-corrected chi connectivity index (χ3v) is 7.19. The molecule has 0 bridgehead atoms. The lowest BCUT2D eigenvalue weighted by Gasteiger charge is -2.38. The molecule has 1 unspecified atom stereocenters. The molecule has 0 fully saturated rings. The fraction of sp³-hybridized carbons (Fsp3) is 0.290. The monoisotopic (exact) mass is 510 g/mol. The summed E-state index contributed by atoms with van der Waals surface area (Å²) in [5.41, 5.74) is 5.50. The van der Waals surface area contributed by atoms with Crippen molar-refractivity contribution in [2.24, 2.45) is 0 Å². The van der Waals surface area contributed by atoms with E-state index in [0.717, 1.165) is 60.4 Å². The van der Waals surface area contributed by atoms with E-state index in [9.17, 15) is 4.79 Å². The van der Waals surface area contributed by atoms with Crippen molar-refractivity contribution in [3.05, 3.63) is 95.7 Å². The lowest BCUT2D eigenvalue weighted by Crippen LogP contribution is -2.39. The first kappa shape index (κ1) is 25.5. The van der Waals surface area contributed by atoms with Crippen molar-refractivity contribution >= 4 is 22.6 Å². The molecule has 2 heterocycles. The molecule has 1 aliphatic rings. The quantitative estimate of drug-likeness (QED) is 0.287. The summed E-state index contributed by atoms with van der Waals surface area (Å²) < 4.78 is 11.2. The zero-order valence-electron chi connectivity index (χ0n) is 21.9. The van der Waals surface area contributed by atoms with E-state index in [4.69, 9.17) is 9.47 Å². The topological polar surface area (TPSA) is 75.7 Å². The molecule has 0 radical (unpaired) electrons. The van der Waals surface area contributed by atoms with Gasteiger partial charge in [-0.25, -0.2) is 4.79 Å². The molecule has 0 saturated carbocycles. The van der Waals surface area contributed by atoms with Crippen LogP contribution in [0.15, 0.2) is 79.0 Å². The molecule has 0 saturated heterocycles. The van der Waals surface area contributed by atoms with Crippen LogP contribution >= 0.6 is 0 Å². The number of fused-ring (bicyclic) bond motifs is 2. The molecule has 0 aliphatic carbocycles. The number of hydrogen-bond acceptors (Lipinski definition) is 5. The van der Waals surface area contributed by atoms with E-state index in [1.165, 1.54) is 16.7 Å². The van der Waals surface area contributed by atoms with Crippen molar-refractivity contribution < 1.29 is 14.3 Å². The van der Waals surface area contributed by atoms with E-state index < -0.39 is 0 Å². The molecule has 7 heteroatoms. The van der Waals surface area contributed by atoms with Crippen LogP contribution in [0.25, 0.3) is 10.9 Å². The Morgan fingerprint density at radius 1 is 1.00 bits per heavy atom. The van der Waals surface area contributed by atoms with Crippen molar-refractivity contribution in [3.8, 4) is 11.5 Å². The number of para-hydroxylation sites is 1. The first-order chi connectivity index (χ1) is 18.7. The fourth-order valence-electron chi connectivity index (χ4n) is 5.28. The molecular formula is C31H34N4O3. The number of aromatic nitrogens is 1. The summed E-state index contributed by atoms with van der Waals surface area (Å²) in [6, 6.07) is 24.5. The number of benzene rings is 3. The van der Waals surface area contributed by atoms with Gasteiger partial charge in [-0.2, -0.15) is 0 Å². The van der Waals surface area contributed by atoms with E-state index in [1.54, 1.807) is 20.4 Å². The molecule has 7 nitrogen and oxygen atoms in total. The molecule has 0 spiro atoms. The average Bonchev–Trinajstić information content (AvgIpc) is 2.96. The summed E-state index contributed by atoms with van der Waals surface area (Å²) >= 11 is 0. The summed E-state index contributed by atoms with van der Waals surface area (Å²) in [5.74, 6) is 1.53. The number of anilines is 1. The SMILES string of the molecule is COc1cc2c(cc1OC)C(Cc1ccccc1)N(CCCNC(=O)Nc1ccnc3ccccc13)CC2. The van der Waals surface area contributed by atoms with Gasteiger partial charge in [-0.15, -0.1) is 0 Å². The second-order valence-corrected chi connectivity index (χ2v) is 9.51. The van der Waals surface area contributed by atoms with E-state index in [1.807, 2.05) is 30.3 Å². The Morgan fingerprint density at radius 3 is 2.58 bits per heavy atom. The number of nitrogens with one attached hydrogen (secondary N) is 2. The molecule has 196 valence electrons. The Balaban J connectivity index is 1.24. The lowest BCUT2D eigenvalue weighted by molar-refractivity contribution is 0.180. The molecular weight excluding hydrogens is 476 g/mol. The number of amides is 2. The van der Waals surface area contributed by atoms with Gasteiger partial charge < -0.3 is 20.1 Å². The van der Waals surface area contributed by atoms with Crippen molar-refractivity contribution in [3.63, 3.8) is 0 Å². The smallest absolute Gasteiger partial charge is 0.319 e. The standard InChI is InChI=1S/C31H34N4O3/c1-37-29-20-23-14-18-35(28(25(23)21-30(29)38-2)19-22-9-4-3-5-10-22)17-8-15-33-31(36)34-27-13-16-32-26-12-7-6-11-24(26)27/h3-7,9-13,16,20-21,28H,8,14-15,17-19H2,1-2H3,(H2,32,33,34,36). The van der Waals surface area contributed by atoms with Gasteiger partial charge in [0.2, 0.25) is 0 Å². The van der Waals surface area contributed by atoms with Gasteiger partial charge in [0.05, 0.1) is 25.4 Å². The number of rotatable bonds is 9.